The van der Waals surface area contributed by atoms with Crippen LogP contribution in [0.25, 0.3) is 56.1 Å². The molecular weight excluding hydrogens is 459 g/mol. The minimum atomic E-state index is -0.301. The Bertz CT molecular complexity index is 1740. The van der Waals surface area contributed by atoms with Gasteiger partial charge in [-0.1, -0.05) is 19.1 Å². The van der Waals surface area contributed by atoms with Crippen LogP contribution >= 0.6 is 0 Å². The number of fused-ring (bicyclic) bond motifs is 2. The van der Waals surface area contributed by atoms with E-state index in [4.69, 9.17) is 9.97 Å². The fraction of sp³-hybridized carbons (Fsp3) is 0.0769. The van der Waals surface area contributed by atoms with Gasteiger partial charge in [-0.3, -0.25) is 14.9 Å². The number of aromatic amines is 2. The molecule has 0 radical (unpaired) electrons. The number of nitrogens with one attached hydrogen (secondary N) is 3. The van der Waals surface area contributed by atoms with E-state index >= 15 is 0 Å². The molecular formula is C26H19FN8O. The van der Waals surface area contributed by atoms with Crippen molar-refractivity contribution in [1.29, 1.82) is 0 Å². The third-order valence-electron chi connectivity index (χ3n) is 5.81. The maximum absolute atomic E-state index is 13.4. The van der Waals surface area contributed by atoms with Crippen LogP contribution in [0.2, 0.25) is 0 Å². The monoisotopic (exact) mass is 478 g/mol. The van der Waals surface area contributed by atoms with Crippen LogP contribution in [0.15, 0.2) is 67.1 Å². The van der Waals surface area contributed by atoms with Crippen LogP contribution in [0.3, 0.4) is 0 Å². The van der Waals surface area contributed by atoms with Crippen LogP contribution in [0.5, 0.6) is 0 Å². The van der Waals surface area contributed by atoms with Crippen LogP contribution in [0, 0.1) is 5.82 Å². The van der Waals surface area contributed by atoms with Crippen LogP contribution in [-0.4, -0.2) is 41.0 Å². The summed E-state index contributed by atoms with van der Waals surface area (Å²) >= 11 is 0. The first-order valence-corrected chi connectivity index (χ1v) is 11.3. The van der Waals surface area contributed by atoms with E-state index in [1.54, 1.807) is 37.6 Å². The number of aromatic nitrogens is 7. The van der Waals surface area contributed by atoms with Crippen molar-refractivity contribution in [2.75, 3.05) is 5.32 Å². The van der Waals surface area contributed by atoms with Gasteiger partial charge in [-0.15, -0.1) is 0 Å². The molecule has 176 valence electrons. The van der Waals surface area contributed by atoms with Gasteiger partial charge in [0.15, 0.2) is 17.2 Å². The Morgan fingerprint density at radius 3 is 2.69 bits per heavy atom. The topological polar surface area (TPSA) is 125 Å². The molecule has 0 spiro atoms. The van der Waals surface area contributed by atoms with Gasteiger partial charge in [0.05, 0.1) is 23.1 Å². The summed E-state index contributed by atoms with van der Waals surface area (Å²) in [4.78, 5) is 33.2. The Morgan fingerprint density at radius 1 is 1.00 bits per heavy atom. The first-order valence-electron chi connectivity index (χ1n) is 11.3. The molecule has 10 heteroatoms. The standard InChI is InChI=1S/C26H19FN8O/c1-2-21(36)30-17-11-15(12-28-13-17)19-7-8-20-23(31-19)24(35-34-20)26-32-22-18(9-10-29-25(22)33-26)14-3-5-16(27)6-4-14/h3-13H,2H2,1H3,(H,30,36)(H,34,35)(H,29,32,33). The van der Waals surface area contributed by atoms with Crippen molar-refractivity contribution in [2.45, 2.75) is 13.3 Å². The number of halogens is 1. The number of H-pyrrole nitrogens is 2. The average Bonchev–Trinajstić information content (AvgIpc) is 3.53. The number of rotatable bonds is 5. The molecule has 0 atom stereocenters. The lowest BCUT2D eigenvalue weighted by molar-refractivity contribution is -0.115. The molecule has 0 saturated heterocycles. The number of benzene rings is 1. The summed E-state index contributed by atoms with van der Waals surface area (Å²) in [6, 6.07) is 13.7. The highest BCUT2D eigenvalue weighted by molar-refractivity contribution is 5.95. The van der Waals surface area contributed by atoms with E-state index in [1.165, 1.54) is 12.1 Å². The highest BCUT2D eigenvalue weighted by Crippen LogP contribution is 2.31. The van der Waals surface area contributed by atoms with Gasteiger partial charge in [-0.05, 0) is 42.0 Å². The number of pyridine rings is 3. The van der Waals surface area contributed by atoms with Crippen molar-refractivity contribution in [2.24, 2.45) is 0 Å². The van der Waals surface area contributed by atoms with E-state index < -0.39 is 0 Å². The Morgan fingerprint density at radius 2 is 1.86 bits per heavy atom. The van der Waals surface area contributed by atoms with Crippen molar-refractivity contribution < 1.29 is 9.18 Å². The van der Waals surface area contributed by atoms with Gasteiger partial charge in [0, 0.05) is 29.9 Å². The number of hydrogen-bond donors (Lipinski definition) is 3. The van der Waals surface area contributed by atoms with Crippen molar-refractivity contribution >= 4 is 33.8 Å². The van der Waals surface area contributed by atoms with Gasteiger partial charge in [-0.25, -0.2) is 19.3 Å². The third kappa shape index (κ3) is 3.84. The summed E-state index contributed by atoms with van der Waals surface area (Å²) in [5.41, 5.74) is 6.82. The van der Waals surface area contributed by atoms with E-state index in [-0.39, 0.29) is 11.7 Å². The molecule has 5 aromatic heterocycles. The Hall–Kier alpha value is -4.99. The van der Waals surface area contributed by atoms with Gasteiger partial charge < -0.3 is 10.3 Å². The number of amides is 1. The number of carbonyl (C=O) groups is 1. The molecule has 0 aliphatic heterocycles. The summed E-state index contributed by atoms with van der Waals surface area (Å²) in [5.74, 6) is 0.114. The Labute approximate surface area is 203 Å². The number of imidazole rings is 1. The smallest absolute Gasteiger partial charge is 0.224 e. The van der Waals surface area contributed by atoms with Gasteiger partial charge in [-0.2, -0.15) is 5.10 Å². The highest BCUT2D eigenvalue weighted by atomic mass is 19.1. The van der Waals surface area contributed by atoms with Crippen LogP contribution in [0.4, 0.5) is 10.1 Å². The molecule has 1 aromatic carbocycles. The highest BCUT2D eigenvalue weighted by Gasteiger charge is 2.17. The second-order valence-electron chi connectivity index (χ2n) is 8.18. The summed E-state index contributed by atoms with van der Waals surface area (Å²) in [6.07, 6.45) is 5.34. The van der Waals surface area contributed by atoms with Crippen LogP contribution < -0.4 is 5.32 Å². The van der Waals surface area contributed by atoms with Gasteiger partial charge in [0.2, 0.25) is 5.91 Å². The minimum absolute atomic E-state index is 0.0898. The molecule has 5 heterocycles. The molecule has 0 saturated carbocycles. The first kappa shape index (κ1) is 21.5. The van der Waals surface area contributed by atoms with Gasteiger partial charge in [0.25, 0.3) is 0 Å². The van der Waals surface area contributed by atoms with E-state index in [2.05, 4.69) is 30.5 Å². The lowest BCUT2D eigenvalue weighted by atomic mass is 10.1. The zero-order valence-electron chi connectivity index (χ0n) is 19.1. The summed E-state index contributed by atoms with van der Waals surface area (Å²) in [5, 5.41) is 10.3. The number of carbonyl (C=O) groups excluding carboxylic acids is 1. The predicted octanol–water partition coefficient (Wildman–Crippen LogP) is 5.11. The molecule has 6 aromatic rings. The molecule has 0 aliphatic rings. The summed E-state index contributed by atoms with van der Waals surface area (Å²) in [6.45, 7) is 1.79. The molecule has 0 unspecified atom stereocenters. The maximum atomic E-state index is 13.4. The molecule has 0 aliphatic carbocycles. The third-order valence-corrected chi connectivity index (χ3v) is 5.81. The normalized spacial score (nSPS) is 11.3. The lowest BCUT2D eigenvalue weighted by Gasteiger charge is -2.06. The van der Waals surface area contributed by atoms with Crippen LogP contribution in [-0.2, 0) is 4.79 Å². The summed E-state index contributed by atoms with van der Waals surface area (Å²) in [7, 11) is 0. The van der Waals surface area contributed by atoms with Crippen molar-refractivity contribution in [3.63, 3.8) is 0 Å². The maximum Gasteiger partial charge on any atom is 0.224 e. The fourth-order valence-electron chi connectivity index (χ4n) is 4.01. The second kappa shape index (κ2) is 8.66. The van der Waals surface area contributed by atoms with Crippen molar-refractivity contribution in [1.82, 2.24) is 35.1 Å². The number of nitrogens with zero attached hydrogens (tertiary/aromatic N) is 5. The molecule has 36 heavy (non-hydrogen) atoms. The predicted molar refractivity (Wildman–Crippen MR) is 134 cm³/mol. The molecule has 6 rings (SSSR count). The van der Waals surface area contributed by atoms with E-state index in [0.717, 1.165) is 22.2 Å². The zero-order valence-corrected chi connectivity index (χ0v) is 19.1. The first-order chi connectivity index (χ1) is 17.6. The fourth-order valence-corrected chi connectivity index (χ4v) is 4.01. The zero-order chi connectivity index (χ0) is 24.6. The van der Waals surface area contributed by atoms with Crippen molar-refractivity contribution in [3.05, 3.63) is 72.9 Å². The Kier molecular flexibility index (Phi) is 5.18. The second-order valence-corrected chi connectivity index (χ2v) is 8.18. The average molecular weight is 478 g/mol. The quantitative estimate of drug-likeness (QED) is 0.316. The molecule has 9 nitrogen and oxygen atoms in total. The van der Waals surface area contributed by atoms with Gasteiger partial charge >= 0.3 is 0 Å². The van der Waals surface area contributed by atoms with Gasteiger partial charge in [0.1, 0.15) is 16.9 Å². The number of hydrogen-bond acceptors (Lipinski definition) is 6. The molecule has 0 fully saturated rings. The molecule has 0 bridgehead atoms. The largest absolute Gasteiger partial charge is 0.325 e. The molecule has 1 amide bonds. The van der Waals surface area contributed by atoms with E-state index in [0.29, 0.717) is 46.0 Å². The van der Waals surface area contributed by atoms with E-state index in [9.17, 15) is 9.18 Å². The van der Waals surface area contributed by atoms with Crippen molar-refractivity contribution in [3.8, 4) is 33.9 Å². The lowest BCUT2D eigenvalue weighted by Crippen LogP contribution is -2.09. The number of anilines is 1. The Balaban J connectivity index is 1.42. The molecule has 3 N–H and O–H groups in total. The SMILES string of the molecule is CCC(=O)Nc1cncc(-c2ccc3[nH]nc(-c4nc5c(-c6ccc(F)cc6)ccnc5[nH]4)c3n2)c1. The van der Waals surface area contributed by atoms with Crippen LogP contribution in [0.1, 0.15) is 13.3 Å². The van der Waals surface area contributed by atoms with E-state index in [1.807, 2.05) is 24.3 Å². The minimum Gasteiger partial charge on any atom is -0.325 e. The summed E-state index contributed by atoms with van der Waals surface area (Å²) < 4.78 is 13.4.